The van der Waals surface area contributed by atoms with Crippen molar-refractivity contribution >= 4 is 34.8 Å². The lowest BCUT2D eigenvalue weighted by Crippen LogP contribution is -2.18. The number of nitrogens with one attached hydrogen (secondary N) is 1. The molecule has 1 atom stereocenters. The monoisotopic (exact) mass is 313 g/mol. The van der Waals surface area contributed by atoms with Gasteiger partial charge in [0.2, 0.25) is 0 Å². The zero-order chi connectivity index (χ0) is 14.0. The van der Waals surface area contributed by atoms with Crippen LogP contribution in [0.3, 0.4) is 0 Å². The topological polar surface area (TPSA) is 12.0 Å². The van der Waals surface area contributed by atoms with E-state index in [2.05, 4.69) is 5.32 Å². The SMILES string of the molecule is CNC(c1ccc(Cl)c(Cl)c1)c1ccc(Cl)cc1C. The lowest BCUT2D eigenvalue weighted by Gasteiger charge is -2.20. The first-order chi connectivity index (χ1) is 9.02. The third kappa shape index (κ3) is 3.24. The lowest BCUT2D eigenvalue weighted by atomic mass is 9.95. The summed E-state index contributed by atoms with van der Waals surface area (Å²) in [4.78, 5) is 0. The summed E-state index contributed by atoms with van der Waals surface area (Å²) < 4.78 is 0. The molecule has 100 valence electrons. The van der Waals surface area contributed by atoms with Crippen molar-refractivity contribution < 1.29 is 0 Å². The molecule has 4 heteroatoms. The van der Waals surface area contributed by atoms with Crippen molar-refractivity contribution in [3.8, 4) is 0 Å². The second-order valence-electron chi connectivity index (χ2n) is 4.40. The van der Waals surface area contributed by atoms with Crippen LogP contribution in [0.2, 0.25) is 15.1 Å². The summed E-state index contributed by atoms with van der Waals surface area (Å²) in [6.07, 6.45) is 0. The van der Waals surface area contributed by atoms with Crippen molar-refractivity contribution in [2.24, 2.45) is 0 Å². The Bertz CT molecular complexity index is 596. The molecule has 1 unspecified atom stereocenters. The molecule has 0 heterocycles. The van der Waals surface area contributed by atoms with Crippen molar-refractivity contribution in [1.82, 2.24) is 5.32 Å². The molecular weight excluding hydrogens is 301 g/mol. The highest BCUT2D eigenvalue weighted by Crippen LogP contribution is 2.30. The second-order valence-corrected chi connectivity index (χ2v) is 5.65. The van der Waals surface area contributed by atoms with Crippen LogP contribution in [0.15, 0.2) is 36.4 Å². The highest BCUT2D eigenvalue weighted by Gasteiger charge is 2.15. The number of rotatable bonds is 3. The molecule has 1 N–H and O–H groups in total. The number of aryl methyl sites for hydroxylation is 1. The third-order valence-electron chi connectivity index (χ3n) is 3.11. The van der Waals surface area contributed by atoms with Crippen LogP contribution < -0.4 is 5.32 Å². The molecule has 0 aliphatic heterocycles. The van der Waals surface area contributed by atoms with Crippen LogP contribution in [-0.2, 0) is 0 Å². The molecule has 19 heavy (non-hydrogen) atoms. The van der Waals surface area contributed by atoms with Gasteiger partial charge in [-0.1, -0.05) is 46.9 Å². The quantitative estimate of drug-likeness (QED) is 0.814. The van der Waals surface area contributed by atoms with Gasteiger partial charge in [-0.05, 0) is 54.9 Å². The zero-order valence-electron chi connectivity index (χ0n) is 10.7. The van der Waals surface area contributed by atoms with E-state index in [0.717, 1.165) is 16.1 Å². The first kappa shape index (κ1) is 14.7. The van der Waals surface area contributed by atoms with E-state index >= 15 is 0 Å². The zero-order valence-corrected chi connectivity index (χ0v) is 12.9. The number of halogens is 3. The molecule has 0 aliphatic rings. The van der Waals surface area contributed by atoms with E-state index in [1.807, 2.05) is 50.4 Å². The average Bonchev–Trinajstić information content (AvgIpc) is 2.37. The average molecular weight is 315 g/mol. The van der Waals surface area contributed by atoms with Gasteiger partial charge in [0, 0.05) is 5.02 Å². The molecule has 1 nitrogen and oxygen atoms in total. The van der Waals surface area contributed by atoms with Gasteiger partial charge >= 0.3 is 0 Å². The molecule has 2 aromatic carbocycles. The summed E-state index contributed by atoms with van der Waals surface area (Å²) in [6.45, 7) is 2.04. The van der Waals surface area contributed by atoms with Crippen molar-refractivity contribution in [3.05, 3.63) is 68.2 Å². The number of hydrogen-bond acceptors (Lipinski definition) is 1. The lowest BCUT2D eigenvalue weighted by molar-refractivity contribution is 0.688. The Kier molecular flexibility index (Phi) is 4.75. The van der Waals surface area contributed by atoms with E-state index in [1.165, 1.54) is 5.56 Å². The van der Waals surface area contributed by atoms with Crippen LogP contribution in [0, 0.1) is 6.92 Å². The van der Waals surface area contributed by atoms with Gasteiger partial charge < -0.3 is 5.32 Å². The normalized spacial score (nSPS) is 12.5. The van der Waals surface area contributed by atoms with Gasteiger partial charge in [-0.2, -0.15) is 0 Å². The fraction of sp³-hybridized carbons (Fsp3) is 0.200. The minimum atomic E-state index is 0.0621. The van der Waals surface area contributed by atoms with Gasteiger partial charge in [0.25, 0.3) is 0 Å². The van der Waals surface area contributed by atoms with Gasteiger partial charge in [-0.15, -0.1) is 0 Å². The van der Waals surface area contributed by atoms with Crippen molar-refractivity contribution in [1.29, 1.82) is 0 Å². The van der Waals surface area contributed by atoms with Crippen LogP contribution in [0.1, 0.15) is 22.7 Å². The molecule has 0 fully saturated rings. The maximum Gasteiger partial charge on any atom is 0.0595 e. The van der Waals surface area contributed by atoms with Gasteiger partial charge in [0.15, 0.2) is 0 Å². The molecule has 2 aromatic rings. The molecular formula is C15H14Cl3N. The largest absolute Gasteiger partial charge is 0.309 e. The van der Waals surface area contributed by atoms with Crippen LogP contribution >= 0.6 is 34.8 Å². The van der Waals surface area contributed by atoms with E-state index in [4.69, 9.17) is 34.8 Å². The molecule has 0 amide bonds. The van der Waals surface area contributed by atoms with E-state index in [0.29, 0.717) is 10.0 Å². The minimum Gasteiger partial charge on any atom is -0.309 e. The summed E-state index contributed by atoms with van der Waals surface area (Å²) in [5.74, 6) is 0. The molecule has 0 spiro atoms. The summed E-state index contributed by atoms with van der Waals surface area (Å²) >= 11 is 18.0. The Morgan fingerprint density at radius 1 is 0.947 bits per heavy atom. The predicted octanol–water partition coefficient (Wildman–Crippen LogP) is 5.26. The summed E-state index contributed by atoms with van der Waals surface area (Å²) in [5, 5.41) is 5.16. The molecule has 0 bridgehead atoms. The van der Waals surface area contributed by atoms with Crippen LogP contribution in [0.4, 0.5) is 0 Å². The summed E-state index contributed by atoms with van der Waals surface area (Å²) in [6, 6.07) is 11.6. The van der Waals surface area contributed by atoms with E-state index in [1.54, 1.807) is 0 Å². The highest BCUT2D eigenvalue weighted by molar-refractivity contribution is 6.42. The predicted molar refractivity (Wildman–Crippen MR) is 83.6 cm³/mol. The Hall–Kier alpha value is -0.730. The fourth-order valence-electron chi connectivity index (χ4n) is 2.16. The first-order valence-corrected chi connectivity index (χ1v) is 7.04. The van der Waals surface area contributed by atoms with Gasteiger partial charge in [0.1, 0.15) is 0 Å². The molecule has 0 aliphatic carbocycles. The van der Waals surface area contributed by atoms with Crippen LogP contribution in [0.5, 0.6) is 0 Å². The minimum absolute atomic E-state index is 0.0621. The second kappa shape index (κ2) is 6.15. The van der Waals surface area contributed by atoms with Crippen molar-refractivity contribution in [2.75, 3.05) is 7.05 Å². The van der Waals surface area contributed by atoms with E-state index in [9.17, 15) is 0 Å². The van der Waals surface area contributed by atoms with E-state index < -0.39 is 0 Å². The number of hydrogen-bond donors (Lipinski definition) is 1. The Labute approximate surface area is 128 Å². The maximum absolute atomic E-state index is 6.09. The van der Waals surface area contributed by atoms with Crippen LogP contribution in [0.25, 0.3) is 0 Å². The van der Waals surface area contributed by atoms with Crippen molar-refractivity contribution in [2.45, 2.75) is 13.0 Å². The maximum atomic E-state index is 6.09. The van der Waals surface area contributed by atoms with Crippen molar-refractivity contribution in [3.63, 3.8) is 0 Å². The fourth-order valence-corrected chi connectivity index (χ4v) is 2.69. The van der Waals surface area contributed by atoms with Gasteiger partial charge in [0.05, 0.1) is 16.1 Å². The molecule has 0 aromatic heterocycles. The first-order valence-electron chi connectivity index (χ1n) is 5.91. The summed E-state index contributed by atoms with van der Waals surface area (Å²) in [7, 11) is 1.92. The van der Waals surface area contributed by atoms with E-state index in [-0.39, 0.29) is 6.04 Å². The van der Waals surface area contributed by atoms with Gasteiger partial charge in [-0.3, -0.25) is 0 Å². The third-order valence-corrected chi connectivity index (χ3v) is 4.08. The Morgan fingerprint density at radius 2 is 1.68 bits per heavy atom. The highest BCUT2D eigenvalue weighted by atomic mass is 35.5. The Balaban J connectivity index is 2.46. The Morgan fingerprint density at radius 3 is 2.26 bits per heavy atom. The molecule has 0 radical (unpaired) electrons. The smallest absolute Gasteiger partial charge is 0.0595 e. The number of benzene rings is 2. The van der Waals surface area contributed by atoms with Gasteiger partial charge in [-0.25, -0.2) is 0 Å². The molecule has 0 saturated carbocycles. The summed E-state index contributed by atoms with van der Waals surface area (Å²) in [5.41, 5.74) is 3.38. The van der Waals surface area contributed by atoms with Crippen LogP contribution in [-0.4, -0.2) is 7.05 Å². The standard InChI is InChI=1S/C15H14Cl3N/c1-9-7-11(16)4-5-12(9)15(19-2)10-3-6-13(17)14(18)8-10/h3-8,15,19H,1-2H3. The molecule has 0 saturated heterocycles. The molecule has 2 rings (SSSR count).